The highest BCUT2D eigenvalue weighted by atomic mass is 32.2. The van der Waals surface area contributed by atoms with Crippen LogP contribution in [0.2, 0.25) is 0 Å². The standard InChI is InChI=1S/C29H25NO4S3/c1-2-27(36(31,32)23-16-8-4-9-17-23)28-29(35-22-14-6-3-7-15-22)25-20-12-13-21-26(25)30(28)37(33,34)24-18-10-5-11-19-24/h3-21,27H,2H2,1H3/t27-/m0/s1. The average molecular weight is 548 g/mol. The summed E-state index contributed by atoms with van der Waals surface area (Å²) in [6.45, 7) is 1.78. The molecule has 5 aromatic rings. The van der Waals surface area contributed by atoms with E-state index >= 15 is 0 Å². The van der Waals surface area contributed by atoms with Crippen LogP contribution in [0.25, 0.3) is 10.9 Å². The van der Waals surface area contributed by atoms with Gasteiger partial charge in [-0.1, -0.05) is 91.5 Å². The van der Waals surface area contributed by atoms with Gasteiger partial charge in [0.15, 0.2) is 9.84 Å². The fourth-order valence-corrected chi connectivity index (χ4v) is 9.26. The maximum absolute atomic E-state index is 14.2. The third-order valence-corrected chi connectivity index (χ3v) is 11.3. The summed E-state index contributed by atoms with van der Waals surface area (Å²) in [5.41, 5.74) is 0.701. The topological polar surface area (TPSA) is 73.2 Å². The van der Waals surface area contributed by atoms with Crippen LogP contribution in [-0.4, -0.2) is 20.8 Å². The molecule has 0 N–H and O–H groups in total. The van der Waals surface area contributed by atoms with Gasteiger partial charge >= 0.3 is 0 Å². The quantitative estimate of drug-likeness (QED) is 0.210. The zero-order valence-corrected chi connectivity index (χ0v) is 22.5. The maximum atomic E-state index is 14.2. The van der Waals surface area contributed by atoms with Crippen LogP contribution < -0.4 is 0 Å². The monoisotopic (exact) mass is 547 g/mol. The molecule has 1 aromatic heterocycles. The van der Waals surface area contributed by atoms with Gasteiger partial charge in [0.25, 0.3) is 10.0 Å². The van der Waals surface area contributed by atoms with Crippen LogP contribution in [0.1, 0.15) is 24.3 Å². The molecule has 5 nitrogen and oxygen atoms in total. The normalized spacial score (nSPS) is 13.0. The highest BCUT2D eigenvalue weighted by molar-refractivity contribution is 7.99. The van der Waals surface area contributed by atoms with Crippen LogP contribution in [-0.2, 0) is 19.9 Å². The van der Waals surface area contributed by atoms with E-state index < -0.39 is 25.1 Å². The smallest absolute Gasteiger partial charge is 0.235 e. The van der Waals surface area contributed by atoms with E-state index in [1.807, 2.05) is 42.5 Å². The van der Waals surface area contributed by atoms with Crippen molar-refractivity contribution in [3.63, 3.8) is 0 Å². The van der Waals surface area contributed by atoms with E-state index in [1.165, 1.54) is 27.9 Å². The van der Waals surface area contributed by atoms with Crippen LogP contribution in [0.4, 0.5) is 0 Å². The zero-order valence-electron chi connectivity index (χ0n) is 20.1. The van der Waals surface area contributed by atoms with Gasteiger partial charge in [-0.15, -0.1) is 0 Å². The van der Waals surface area contributed by atoms with E-state index in [2.05, 4.69) is 0 Å². The molecule has 8 heteroatoms. The molecule has 37 heavy (non-hydrogen) atoms. The van der Waals surface area contributed by atoms with Gasteiger partial charge in [-0.3, -0.25) is 0 Å². The first kappa shape index (κ1) is 25.3. The number of hydrogen-bond donors (Lipinski definition) is 0. The molecule has 188 valence electrons. The molecule has 0 saturated heterocycles. The van der Waals surface area contributed by atoms with E-state index in [-0.39, 0.29) is 21.9 Å². The fourth-order valence-electron chi connectivity index (χ4n) is 4.48. The highest BCUT2D eigenvalue weighted by Crippen LogP contribution is 2.46. The second kappa shape index (κ2) is 10.2. The summed E-state index contributed by atoms with van der Waals surface area (Å²) in [6.07, 6.45) is 0.195. The molecule has 0 saturated carbocycles. The SMILES string of the molecule is CC[C@@H](c1c(Sc2ccccc2)c2ccccc2n1S(=O)(=O)c1ccccc1)S(=O)(=O)c1ccccc1. The van der Waals surface area contributed by atoms with Crippen molar-refractivity contribution in [3.05, 3.63) is 121 Å². The zero-order chi connectivity index (χ0) is 26.0. The maximum Gasteiger partial charge on any atom is 0.268 e. The van der Waals surface area contributed by atoms with E-state index in [0.717, 1.165) is 4.90 Å². The molecular formula is C29H25NO4S3. The summed E-state index contributed by atoms with van der Waals surface area (Å²) < 4.78 is 57.7. The Balaban J connectivity index is 1.88. The van der Waals surface area contributed by atoms with Gasteiger partial charge in [0.2, 0.25) is 0 Å². The second-order valence-electron chi connectivity index (χ2n) is 8.48. The van der Waals surface area contributed by atoms with Crippen molar-refractivity contribution in [2.45, 2.75) is 38.2 Å². The van der Waals surface area contributed by atoms with Crippen molar-refractivity contribution in [1.29, 1.82) is 0 Å². The minimum Gasteiger partial charge on any atom is -0.235 e. The lowest BCUT2D eigenvalue weighted by molar-refractivity contribution is 0.570. The van der Waals surface area contributed by atoms with E-state index in [1.54, 1.807) is 67.6 Å². The van der Waals surface area contributed by atoms with Crippen molar-refractivity contribution in [2.24, 2.45) is 0 Å². The Kier molecular flexibility index (Phi) is 6.98. The van der Waals surface area contributed by atoms with Crippen LogP contribution in [0.3, 0.4) is 0 Å². The summed E-state index contributed by atoms with van der Waals surface area (Å²) in [6, 6.07) is 33.1. The minimum atomic E-state index is -4.13. The predicted molar refractivity (Wildman–Crippen MR) is 148 cm³/mol. The van der Waals surface area contributed by atoms with Crippen LogP contribution in [0.5, 0.6) is 0 Å². The molecule has 0 fully saturated rings. The second-order valence-corrected chi connectivity index (χ2v) is 13.5. The van der Waals surface area contributed by atoms with Gasteiger partial charge < -0.3 is 0 Å². The van der Waals surface area contributed by atoms with E-state index in [0.29, 0.717) is 15.8 Å². The van der Waals surface area contributed by atoms with Crippen molar-refractivity contribution < 1.29 is 16.8 Å². The van der Waals surface area contributed by atoms with Gasteiger partial charge in [-0.2, -0.15) is 0 Å². The third kappa shape index (κ3) is 4.61. The lowest BCUT2D eigenvalue weighted by atomic mass is 10.2. The number of rotatable bonds is 8. The molecule has 0 unspecified atom stereocenters. The van der Waals surface area contributed by atoms with Gasteiger partial charge in [0.05, 0.1) is 21.0 Å². The molecule has 0 radical (unpaired) electrons. The highest BCUT2D eigenvalue weighted by Gasteiger charge is 2.37. The van der Waals surface area contributed by atoms with Gasteiger partial charge in [-0.25, -0.2) is 20.8 Å². The minimum absolute atomic E-state index is 0.0974. The van der Waals surface area contributed by atoms with Crippen LogP contribution in [0.15, 0.2) is 135 Å². The number of fused-ring (bicyclic) bond motifs is 1. The Labute approximate surface area is 221 Å². The number of hydrogen-bond acceptors (Lipinski definition) is 5. The van der Waals surface area contributed by atoms with Crippen molar-refractivity contribution in [3.8, 4) is 0 Å². The number of sulfone groups is 1. The van der Waals surface area contributed by atoms with Crippen LogP contribution >= 0.6 is 11.8 Å². The largest absolute Gasteiger partial charge is 0.268 e. The number of para-hydroxylation sites is 1. The lowest BCUT2D eigenvalue weighted by Crippen LogP contribution is -2.22. The van der Waals surface area contributed by atoms with Crippen molar-refractivity contribution in [2.75, 3.05) is 0 Å². The molecule has 0 aliphatic heterocycles. The van der Waals surface area contributed by atoms with Crippen molar-refractivity contribution in [1.82, 2.24) is 3.97 Å². The predicted octanol–water partition coefficient (Wildman–Crippen LogP) is 6.95. The average Bonchev–Trinajstić information content (AvgIpc) is 3.25. The Morgan fingerprint density at radius 2 is 1.19 bits per heavy atom. The number of nitrogens with zero attached hydrogens (tertiary/aromatic N) is 1. The molecule has 0 amide bonds. The van der Waals surface area contributed by atoms with Gasteiger partial charge in [-0.05, 0) is 48.9 Å². The lowest BCUT2D eigenvalue weighted by Gasteiger charge is -2.21. The Bertz CT molecular complexity index is 1750. The summed E-state index contributed by atoms with van der Waals surface area (Å²) in [7, 11) is -8.06. The number of aromatic nitrogens is 1. The third-order valence-electron chi connectivity index (χ3n) is 6.19. The molecule has 1 heterocycles. The first-order chi connectivity index (χ1) is 17.9. The molecular weight excluding hydrogens is 523 g/mol. The molecule has 5 rings (SSSR count). The molecule has 0 aliphatic rings. The van der Waals surface area contributed by atoms with Crippen LogP contribution in [0, 0.1) is 0 Å². The van der Waals surface area contributed by atoms with Gasteiger partial charge in [0.1, 0.15) is 5.25 Å². The van der Waals surface area contributed by atoms with Crippen molar-refractivity contribution >= 4 is 42.5 Å². The molecule has 0 spiro atoms. The summed E-state index contributed by atoms with van der Waals surface area (Å²) in [5.74, 6) is 0. The molecule has 0 bridgehead atoms. The van der Waals surface area contributed by atoms with Gasteiger partial charge in [0, 0.05) is 15.2 Å². The van der Waals surface area contributed by atoms with E-state index in [9.17, 15) is 16.8 Å². The molecule has 1 atom stereocenters. The summed E-state index contributed by atoms with van der Waals surface area (Å²) >= 11 is 1.38. The first-order valence-corrected chi connectivity index (χ1v) is 15.6. The molecule has 0 aliphatic carbocycles. The summed E-state index contributed by atoms with van der Waals surface area (Å²) in [4.78, 5) is 1.76. The van der Waals surface area contributed by atoms with E-state index in [4.69, 9.17) is 0 Å². The Morgan fingerprint density at radius 1 is 0.676 bits per heavy atom. The Hall–Kier alpha value is -3.33. The molecule has 4 aromatic carbocycles. The first-order valence-electron chi connectivity index (χ1n) is 11.8. The number of benzene rings is 4. The summed E-state index contributed by atoms with van der Waals surface area (Å²) in [5, 5.41) is -0.403. The fraction of sp³-hybridized carbons (Fsp3) is 0.103. The Morgan fingerprint density at radius 3 is 1.78 bits per heavy atom.